The monoisotopic (exact) mass is 349 g/mol. The highest BCUT2D eigenvalue weighted by Crippen LogP contribution is 2.30. The fraction of sp³-hybridized carbons (Fsp3) is 0.611. The van der Waals surface area contributed by atoms with Gasteiger partial charge >= 0.3 is 6.03 Å². The van der Waals surface area contributed by atoms with Crippen LogP contribution in [0.25, 0.3) is 0 Å². The van der Waals surface area contributed by atoms with Crippen molar-refractivity contribution >= 4 is 6.03 Å². The fourth-order valence-electron chi connectivity index (χ4n) is 3.01. The third-order valence-corrected chi connectivity index (χ3v) is 4.47. The van der Waals surface area contributed by atoms with Crippen LogP contribution in [-0.4, -0.2) is 81.0 Å². The van der Waals surface area contributed by atoms with Crippen molar-refractivity contribution in [3.05, 3.63) is 24.3 Å². The highest BCUT2D eigenvalue weighted by Gasteiger charge is 2.24. The fourth-order valence-corrected chi connectivity index (χ4v) is 3.01. The van der Waals surface area contributed by atoms with Crippen molar-refractivity contribution in [1.29, 1.82) is 0 Å². The summed E-state index contributed by atoms with van der Waals surface area (Å²) in [4.78, 5) is 16.5. The number of rotatable bonds is 6. The Bertz CT molecular complexity index is 563. The van der Waals surface area contributed by atoms with Gasteiger partial charge in [-0.05, 0) is 19.1 Å². The van der Waals surface area contributed by atoms with Gasteiger partial charge in [0.15, 0.2) is 17.6 Å². The first kappa shape index (κ1) is 17.8. The number of morpholine rings is 1. The Balaban J connectivity index is 1.43. The summed E-state index contributed by atoms with van der Waals surface area (Å²) in [5.74, 6) is 1.50. The first-order valence-electron chi connectivity index (χ1n) is 8.97. The average molecular weight is 349 g/mol. The number of urea groups is 1. The van der Waals surface area contributed by atoms with E-state index in [4.69, 9.17) is 14.2 Å². The third kappa shape index (κ3) is 4.99. The first-order chi connectivity index (χ1) is 12.3. The molecule has 1 N–H and O–H groups in total. The quantitative estimate of drug-likeness (QED) is 0.836. The van der Waals surface area contributed by atoms with Crippen molar-refractivity contribution < 1.29 is 19.0 Å². The maximum atomic E-state index is 12.4. The summed E-state index contributed by atoms with van der Waals surface area (Å²) in [7, 11) is 0. The van der Waals surface area contributed by atoms with Crippen LogP contribution in [-0.2, 0) is 4.74 Å². The maximum Gasteiger partial charge on any atom is 0.317 e. The number of nitrogens with zero attached hydrogens (tertiary/aromatic N) is 2. The molecule has 0 bridgehead atoms. The van der Waals surface area contributed by atoms with Crippen molar-refractivity contribution in [2.24, 2.45) is 0 Å². The molecule has 0 radical (unpaired) electrons. The molecule has 1 aromatic carbocycles. The summed E-state index contributed by atoms with van der Waals surface area (Å²) in [5, 5.41) is 3.00. The summed E-state index contributed by atoms with van der Waals surface area (Å²) < 4.78 is 17.0. The second kappa shape index (κ2) is 8.92. The zero-order valence-electron chi connectivity index (χ0n) is 14.8. The van der Waals surface area contributed by atoms with E-state index < -0.39 is 0 Å². The molecule has 1 atom stereocenters. The van der Waals surface area contributed by atoms with Crippen molar-refractivity contribution in [3.8, 4) is 11.5 Å². The summed E-state index contributed by atoms with van der Waals surface area (Å²) in [6.07, 6.45) is -0.153. The molecule has 2 heterocycles. The van der Waals surface area contributed by atoms with Crippen LogP contribution < -0.4 is 14.8 Å². The number of hydrogen-bond acceptors (Lipinski definition) is 5. The Morgan fingerprint density at radius 3 is 2.80 bits per heavy atom. The van der Waals surface area contributed by atoms with Gasteiger partial charge < -0.3 is 24.4 Å². The summed E-state index contributed by atoms with van der Waals surface area (Å²) in [6, 6.07) is 7.56. The Hall–Kier alpha value is -1.99. The van der Waals surface area contributed by atoms with Gasteiger partial charge in [0.2, 0.25) is 0 Å². The van der Waals surface area contributed by atoms with Gasteiger partial charge in [0.1, 0.15) is 6.61 Å². The van der Waals surface area contributed by atoms with Gasteiger partial charge in [0.05, 0.1) is 19.8 Å². The number of para-hydroxylation sites is 2. The summed E-state index contributed by atoms with van der Waals surface area (Å²) >= 11 is 0. The topological polar surface area (TPSA) is 63.3 Å². The molecule has 2 aliphatic rings. The minimum atomic E-state index is -0.153. The molecule has 0 spiro atoms. The van der Waals surface area contributed by atoms with E-state index >= 15 is 0 Å². The lowest BCUT2D eigenvalue weighted by molar-refractivity contribution is 0.0383. The standard InChI is InChI=1S/C18H27N3O4/c1-2-21(18(22)19-7-8-20-9-11-23-12-10-20)13-15-14-24-16-5-3-4-6-17(16)25-15/h3-6,15H,2,7-14H2,1H3,(H,19,22)/t15-/m0/s1. The minimum Gasteiger partial charge on any atom is -0.486 e. The lowest BCUT2D eigenvalue weighted by Gasteiger charge is -2.31. The second-order valence-electron chi connectivity index (χ2n) is 6.22. The molecule has 7 nitrogen and oxygen atoms in total. The molecular formula is C18H27N3O4. The van der Waals surface area contributed by atoms with Crippen LogP contribution in [0.5, 0.6) is 11.5 Å². The molecule has 7 heteroatoms. The lowest BCUT2D eigenvalue weighted by atomic mass is 10.2. The molecule has 0 unspecified atom stereocenters. The van der Waals surface area contributed by atoms with Crippen molar-refractivity contribution in [2.45, 2.75) is 13.0 Å². The Kier molecular flexibility index (Phi) is 6.36. The van der Waals surface area contributed by atoms with E-state index in [0.717, 1.165) is 44.3 Å². The van der Waals surface area contributed by atoms with Crippen LogP contribution in [0, 0.1) is 0 Å². The number of benzene rings is 1. The molecular weight excluding hydrogens is 322 g/mol. The smallest absolute Gasteiger partial charge is 0.317 e. The van der Waals surface area contributed by atoms with Gasteiger partial charge in [-0.3, -0.25) is 4.90 Å². The highest BCUT2D eigenvalue weighted by atomic mass is 16.6. The molecule has 0 aromatic heterocycles. The zero-order chi connectivity index (χ0) is 17.5. The number of nitrogens with one attached hydrogen (secondary N) is 1. The van der Waals surface area contributed by atoms with Crippen LogP contribution in [0.1, 0.15) is 6.92 Å². The third-order valence-electron chi connectivity index (χ3n) is 4.47. The summed E-state index contributed by atoms with van der Waals surface area (Å²) in [6.45, 7) is 8.46. The van der Waals surface area contributed by atoms with E-state index in [1.807, 2.05) is 31.2 Å². The Morgan fingerprint density at radius 1 is 1.28 bits per heavy atom. The van der Waals surface area contributed by atoms with E-state index in [2.05, 4.69) is 10.2 Å². The number of carbonyl (C=O) groups is 1. The molecule has 0 saturated carbocycles. The number of likely N-dealkylation sites (N-methyl/N-ethyl adjacent to an activating group) is 1. The Morgan fingerprint density at radius 2 is 2.04 bits per heavy atom. The minimum absolute atomic E-state index is 0.0572. The average Bonchev–Trinajstić information content (AvgIpc) is 2.66. The molecule has 1 saturated heterocycles. The molecule has 2 amide bonds. The SMILES string of the molecule is CCN(C[C@H]1COc2ccccc2O1)C(=O)NCCN1CCOCC1. The second-order valence-corrected chi connectivity index (χ2v) is 6.22. The van der Waals surface area contributed by atoms with Crippen LogP contribution in [0.2, 0.25) is 0 Å². The number of amides is 2. The largest absolute Gasteiger partial charge is 0.486 e. The maximum absolute atomic E-state index is 12.4. The summed E-state index contributed by atoms with van der Waals surface area (Å²) in [5.41, 5.74) is 0. The van der Waals surface area contributed by atoms with Crippen LogP contribution in [0.3, 0.4) is 0 Å². The molecule has 0 aliphatic carbocycles. The van der Waals surface area contributed by atoms with Crippen molar-refractivity contribution in [2.75, 3.05) is 59.1 Å². The van der Waals surface area contributed by atoms with E-state index in [-0.39, 0.29) is 12.1 Å². The molecule has 2 aliphatic heterocycles. The van der Waals surface area contributed by atoms with E-state index in [0.29, 0.717) is 26.2 Å². The van der Waals surface area contributed by atoms with E-state index in [1.54, 1.807) is 4.90 Å². The van der Waals surface area contributed by atoms with E-state index in [1.165, 1.54) is 0 Å². The first-order valence-corrected chi connectivity index (χ1v) is 8.97. The van der Waals surface area contributed by atoms with E-state index in [9.17, 15) is 4.79 Å². The molecule has 25 heavy (non-hydrogen) atoms. The lowest BCUT2D eigenvalue weighted by Crippen LogP contribution is -2.49. The molecule has 3 rings (SSSR count). The molecule has 1 aromatic rings. The number of ether oxygens (including phenoxy) is 3. The highest BCUT2D eigenvalue weighted by molar-refractivity contribution is 5.74. The van der Waals surface area contributed by atoms with Crippen LogP contribution in [0.4, 0.5) is 4.79 Å². The normalized spacial score (nSPS) is 20.1. The predicted molar refractivity (Wildman–Crippen MR) is 94.3 cm³/mol. The predicted octanol–water partition coefficient (Wildman–Crippen LogP) is 1.19. The van der Waals surface area contributed by atoms with Crippen LogP contribution >= 0.6 is 0 Å². The van der Waals surface area contributed by atoms with Crippen molar-refractivity contribution in [3.63, 3.8) is 0 Å². The Labute approximate surface area is 148 Å². The van der Waals surface area contributed by atoms with Crippen molar-refractivity contribution in [1.82, 2.24) is 15.1 Å². The molecule has 1 fully saturated rings. The number of fused-ring (bicyclic) bond motifs is 1. The zero-order valence-corrected chi connectivity index (χ0v) is 14.8. The van der Waals surface area contributed by atoms with Gasteiger partial charge in [0.25, 0.3) is 0 Å². The van der Waals surface area contributed by atoms with Gasteiger partial charge in [-0.15, -0.1) is 0 Å². The molecule has 138 valence electrons. The number of hydrogen-bond donors (Lipinski definition) is 1. The van der Waals surface area contributed by atoms with Gasteiger partial charge in [-0.1, -0.05) is 12.1 Å². The van der Waals surface area contributed by atoms with Crippen LogP contribution in [0.15, 0.2) is 24.3 Å². The number of carbonyl (C=O) groups excluding carboxylic acids is 1. The van der Waals surface area contributed by atoms with Gasteiger partial charge in [-0.2, -0.15) is 0 Å². The van der Waals surface area contributed by atoms with Gasteiger partial charge in [-0.25, -0.2) is 4.79 Å². The van der Waals surface area contributed by atoms with Gasteiger partial charge in [0, 0.05) is 32.7 Å².